The maximum atomic E-state index is 11.8. The first-order valence-corrected chi connectivity index (χ1v) is 7.03. The van der Waals surface area contributed by atoms with Crippen LogP contribution >= 0.6 is 0 Å². The van der Waals surface area contributed by atoms with E-state index in [4.69, 9.17) is 10.5 Å². The Morgan fingerprint density at radius 3 is 2.72 bits per heavy atom. The highest BCUT2D eigenvalue weighted by atomic mass is 16.5. The van der Waals surface area contributed by atoms with Crippen molar-refractivity contribution in [2.24, 2.45) is 11.7 Å². The molecule has 0 saturated heterocycles. The third-order valence-electron chi connectivity index (χ3n) is 3.85. The van der Waals surface area contributed by atoms with Crippen LogP contribution in [0.4, 0.5) is 0 Å². The molecule has 0 aromatic carbocycles. The summed E-state index contributed by atoms with van der Waals surface area (Å²) < 4.78 is 5.03. The second-order valence-electron chi connectivity index (χ2n) is 5.98. The Hall–Kier alpha value is -0.610. The predicted octanol–water partition coefficient (Wildman–Crippen LogP) is 1.78. The summed E-state index contributed by atoms with van der Waals surface area (Å²) in [6, 6.07) is 0.547. The van der Waals surface area contributed by atoms with E-state index in [1.54, 1.807) is 13.8 Å². The van der Waals surface area contributed by atoms with Crippen molar-refractivity contribution in [2.45, 2.75) is 58.0 Å². The van der Waals surface area contributed by atoms with Gasteiger partial charge in [-0.15, -0.1) is 0 Å². The van der Waals surface area contributed by atoms with Gasteiger partial charge >= 0.3 is 5.97 Å². The molecule has 0 amide bonds. The molecule has 3 atom stereocenters. The van der Waals surface area contributed by atoms with Crippen LogP contribution in [0.15, 0.2) is 0 Å². The average Bonchev–Trinajstić information content (AvgIpc) is 2.28. The van der Waals surface area contributed by atoms with Gasteiger partial charge in [0, 0.05) is 12.6 Å². The van der Waals surface area contributed by atoms with Gasteiger partial charge in [0.1, 0.15) is 5.54 Å². The molecule has 18 heavy (non-hydrogen) atoms. The van der Waals surface area contributed by atoms with Crippen LogP contribution in [-0.2, 0) is 9.53 Å². The van der Waals surface area contributed by atoms with Crippen LogP contribution in [-0.4, -0.2) is 42.6 Å². The van der Waals surface area contributed by atoms with Crippen LogP contribution in [0.25, 0.3) is 0 Å². The Balaban J connectivity index is 2.51. The van der Waals surface area contributed by atoms with Crippen molar-refractivity contribution >= 4 is 5.97 Å². The number of rotatable bonds is 5. The lowest BCUT2D eigenvalue weighted by molar-refractivity contribution is -0.149. The second-order valence-corrected chi connectivity index (χ2v) is 5.98. The molecular weight excluding hydrogens is 228 g/mol. The van der Waals surface area contributed by atoms with Crippen LogP contribution in [0.2, 0.25) is 0 Å². The van der Waals surface area contributed by atoms with E-state index < -0.39 is 5.54 Å². The third kappa shape index (κ3) is 4.25. The van der Waals surface area contributed by atoms with Crippen molar-refractivity contribution < 1.29 is 9.53 Å². The minimum absolute atomic E-state index is 0.305. The van der Waals surface area contributed by atoms with Crippen molar-refractivity contribution in [1.82, 2.24) is 4.90 Å². The molecule has 1 fully saturated rings. The molecular formula is C14H28N2O2. The summed E-state index contributed by atoms with van der Waals surface area (Å²) in [5, 5.41) is 0. The first-order valence-electron chi connectivity index (χ1n) is 7.03. The Kier molecular flexibility index (Phi) is 5.60. The van der Waals surface area contributed by atoms with E-state index in [9.17, 15) is 4.79 Å². The summed E-state index contributed by atoms with van der Waals surface area (Å²) in [6.45, 7) is 6.81. The van der Waals surface area contributed by atoms with Gasteiger partial charge in [-0.1, -0.05) is 19.8 Å². The van der Waals surface area contributed by atoms with E-state index in [1.165, 1.54) is 25.7 Å². The number of ether oxygens (including phenoxy) is 1. The van der Waals surface area contributed by atoms with Crippen LogP contribution in [0.5, 0.6) is 0 Å². The van der Waals surface area contributed by atoms with Crippen LogP contribution in [0.3, 0.4) is 0 Å². The van der Waals surface area contributed by atoms with Gasteiger partial charge in [0.05, 0.1) is 6.61 Å². The van der Waals surface area contributed by atoms with Crippen LogP contribution in [0.1, 0.15) is 46.5 Å². The summed E-state index contributed by atoms with van der Waals surface area (Å²) in [4.78, 5) is 14.0. The van der Waals surface area contributed by atoms with Gasteiger partial charge < -0.3 is 15.4 Å². The first kappa shape index (κ1) is 15.4. The van der Waals surface area contributed by atoms with E-state index in [0.717, 1.165) is 5.92 Å². The second kappa shape index (κ2) is 6.53. The highest BCUT2D eigenvalue weighted by Gasteiger charge is 2.34. The summed E-state index contributed by atoms with van der Waals surface area (Å²) in [6.07, 6.45) is 5.01. The average molecular weight is 256 g/mol. The highest BCUT2D eigenvalue weighted by Crippen LogP contribution is 2.27. The molecule has 0 bridgehead atoms. The van der Waals surface area contributed by atoms with Crippen molar-refractivity contribution in [2.75, 3.05) is 20.2 Å². The summed E-state index contributed by atoms with van der Waals surface area (Å²) in [5.74, 6) is 0.471. The molecule has 0 aromatic heterocycles. The zero-order valence-corrected chi connectivity index (χ0v) is 12.2. The molecule has 3 unspecified atom stereocenters. The predicted molar refractivity (Wildman–Crippen MR) is 73.3 cm³/mol. The molecule has 1 aliphatic carbocycles. The highest BCUT2D eigenvalue weighted by molar-refractivity contribution is 5.80. The lowest BCUT2D eigenvalue weighted by Gasteiger charge is -2.37. The number of esters is 1. The van der Waals surface area contributed by atoms with Gasteiger partial charge in [-0.25, -0.2) is 0 Å². The van der Waals surface area contributed by atoms with Gasteiger partial charge in [-0.05, 0) is 39.7 Å². The standard InChI is InChI=1S/C14H28N2O2/c1-5-18-13(17)14(3,15)10-16(4)12-8-6-7-11(2)9-12/h11-12H,5-10,15H2,1-4H3. The monoisotopic (exact) mass is 256 g/mol. The summed E-state index contributed by atoms with van der Waals surface area (Å²) >= 11 is 0. The number of carbonyl (C=O) groups is 1. The Bertz CT molecular complexity index is 279. The van der Waals surface area contributed by atoms with E-state index >= 15 is 0 Å². The van der Waals surface area contributed by atoms with Gasteiger partial charge in [0.15, 0.2) is 0 Å². The zero-order chi connectivity index (χ0) is 13.8. The Morgan fingerprint density at radius 1 is 1.50 bits per heavy atom. The number of nitrogens with two attached hydrogens (primary N) is 1. The van der Waals surface area contributed by atoms with Crippen molar-refractivity contribution in [3.8, 4) is 0 Å². The lowest BCUT2D eigenvalue weighted by Crippen LogP contribution is -2.56. The lowest BCUT2D eigenvalue weighted by atomic mass is 9.86. The van der Waals surface area contributed by atoms with Crippen LogP contribution in [0, 0.1) is 5.92 Å². The van der Waals surface area contributed by atoms with E-state index in [2.05, 4.69) is 18.9 Å². The van der Waals surface area contributed by atoms with E-state index in [1.807, 2.05) is 0 Å². The molecule has 0 aliphatic heterocycles. The van der Waals surface area contributed by atoms with Gasteiger partial charge in [0.2, 0.25) is 0 Å². The fourth-order valence-electron chi connectivity index (χ4n) is 2.81. The SMILES string of the molecule is CCOC(=O)C(C)(N)CN(C)C1CCCC(C)C1. The molecule has 0 heterocycles. The summed E-state index contributed by atoms with van der Waals surface area (Å²) in [5.41, 5.74) is 5.16. The number of hydrogen-bond donors (Lipinski definition) is 1. The fourth-order valence-corrected chi connectivity index (χ4v) is 2.81. The minimum atomic E-state index is -0.911. The first-order chi connectivity index (χ1) is 8.36. The van der Waals surface area contributed by atoms with Gasteiger partial charge in [-0.2, -0.15) is 0 Å². The maximum Gasteiger partial charge on any atom is 0.327 e. The normalized spacial score (nSPS) is 27.9. The van der Waals surface area contributed by atoms with Crippen molar-refractivity contribution in [3.63, 3.8) is 0 Å². The van der Waals surface area contributed by atoms with E-state index in [-0.39, 0.29) is 5.97 Å². The third-order valence-corrected chi connectivity index (χ3v) is 3.85. The van der Waals surface area contributed by atoms with Crippen molar-refractivity contribution in [3.05, 3.63) is 0 Å². The zero-order valence-electron chi connectivity index (χ0n) is 12.2. The number of carbonyl (C=O) groups excluding carboxylic acids is 1. The molecule has 1 aliphatic rings. The molecule has 1 saturated carbocycles. The Morgan fingerprint density at radius 2 is 2.17 bits per heavy atom. The number of nitrogens with zero attached hydrogens (tertiary/aromatic N) is 1. The molecule has 0 aromatic rings. The molecule has 0 spiro atoms. The molecule has 4 nitrogen and oxygen atoms in total. The topological polar surface area (TPSA) is 55.6 Å². The van der Waals surface area contributed by atoms with Gasteiger partial charge in [-0.3, -0.25) is 4.79 Å². The quantitative estimate of drug-likeness (QED) is 0.762. The molecule has 0 radical (unpaired) electrons. The Labute approximate surface area is 111 Å². The minimum Gasteiger partial charge on any atom is -0.465 e. The molecule has 1 rings (SSSR count). The largest absolute Gasteiger partial charge is 0.465 e. The van der Waals surface area contributed by atoms with E-state index in [0.29, 0.717) is 19.2 Å². The van der Waals surface area contributed by atoms with Crippen molar-refractivity contribution in [1.29, 1.82) is 0 Å². The molecule has 106 valence electrons. The van der Waals surface area contributed by atoms with Crippen LogP contribution < -0.4 is 5.73 Å². The fraction of sp³-hybridized carbons (Fsp3) is 0.929. The maximum absolute atomic E-state index is 11.8. The summed E-state index contributed by atoms with van der Waals surface area (Å²) in [7, 11) is 2.06. The number of likely N-dealkylation sites (N-methyl/N-ethyl adjacent to an activating group) is 1. The molecule has 4 heteroatoms. The number of hydrogen-bond acceptors (Lipinski definition) is 4. The van der Waals surface area contributed by atoms with Gasteiger partial charge in [0.25, 0.3) is 0 Å². The molecule has 2 N–H and O–H groups in total. The smallest absolute Gasteiger partial charge is 0.327 e.